The van der Waals surface area contributed by atoms with E-state index in [4.69, 9.17) is 14.3 Å². The Bertz CT molecular complexity index is 487. The van der Waals surface area contributed by atoms with Crippen LogP contribution in [-0.4, -0.2) is 41.6 Å². The molecule has 1 saturated heterocycles. The molecule has 0 saturated carbocycles. The molecule has 2 heterocycles. The second kappa shape index (κ2) is 5.44. The van der Waals surface area contributed by atoms with Gasteiger partial charge in [-0.1, -0.05) is 0 Å². The minimum Gasteiger partial charge on any atom is -0.478 e. The Kier molecular flexibility index (Phi) is 3.90. The number of aryl methyl sites for hydroxylation is 1. The minimum absolute atomic E-state index is 0.0940. The Morgan fingerprint density at radius 1 is 1.53 bits per heavy atom. The first-order valence-electron chi connectivity index (χ1n) is 6.18. The van der Waals surface area contributed by atoms with Crippen molar-refractivity contribution in [2.75, 3.05) is 13.7 Å². The smallest absolute Gasteiger partial charge is 0.339 e. The van der Waals surface area contributed by atoms with Crippen LogP contribution in [0.2, 0.25) is 0 Å². The highest BCUT2D eigenvalue weighted by Gasteiger charge is 2.27. The highest BCUT2D eigenvalue weighted by Crippen LogP contribution is 2.18. The van der Waals surface area contributed by atoms with Crippen molar-refractivity contribution in [3.8, 4) is 0 Å². The molecule has 1 aliphatic rings. The first-order chi connectivity index (χ1) is 8.99. The summed E-state index contributed by atoms with van der Waals surface area (Å²) >= 11 is 0. The molecule has 1 aliphatic heterocycles. The first kappa shape index (κ1) is 13.6. The fraction of sp³-hybridized carbons (Fsp3) is 0.538. The van der Waals surface area contributed by atoms with Crippen molar-refractivity contribution in [3.63, 3.8) is 0 Å². The molecule has 1 N–H and O–H groups in total. The van der Waals surface area contributed by atoms with Crippen LogP contribution in [0.3, 0.4) is 0 Å². The summed E-state index contributed by atoms with van der Waals surface area (Å²) in [5.41, 5.74) is 0.132. The van der Waals surface area contributed by atoms with Crippen molar-refractivity contribution in [1.29, 1.82) is 0 Å². The number of amides is 1. The van der Waals surface area contributed by atoms with Gasteiger partial charge in [-0.2, -0.15) is 0 Å². The van der Waals surface area contributed by atoms with Gasteiger partial charge in [-0.05, 0) is 25.8 Å². The average molecular weight is 267 g/mol. The van der Waals surface area contributed by atoms with Gasteiger partial charge in [0, 0.05) is 13.7 Å². The molecule has 6 nitrogen and oxygen atoms in total. The lowest BCUT2D eigenvalue weighted by atomic mass is 10.2. The summed E-state index contributed by atoms with van der Waals surface area (Å²) in [4.78, 5) is 24.4. The van der Waals surface area contributed by atoms with Gasteiger partial charge in [0.25, 0.3) is 5.91 Å². The van der Waals surface area contributed by atoms with E-state index in [9.17, 15) is 9.59 Å². The van der Waals surface area contributed by atoms with E-state index in [-0.39, 0.29) is 24.1 Å². The van der Waals surface area contributed by atoms with Crippen molar-refractivity contribution >= 4 is 11.9 Å². The zero-order valence-electron chi connectivity index (χ0n) is 11.0. The van der Waals surface area contributed by atoms with Crippen molar-refractivity contribution in [2.45, 2.75) is 32.4 Å². The molecular formula is C13H17NO5. The molecule has 1 aromatic heterocycles. The predicted octanol–water partition coefficient (Wildman–Crippen LogP) is 1.42. The monoisotopic (exact) mass is 267 g/mol. The van der Waals surface area contributed by atoms with Crippen LogP contribution in [0.4, 0.5) is 0 Å². The fourth-order valence-electron chi connectivity index (χ4n) is 2.16. The number of rotatable bonds is 4. The summed E-state index contributed by atoms with van der Waals surface area (Å²) < 4.78 is 10.7. The van der Waals surface area contributed by atoms with Crippen LogP contribution in [0, 0.1) is 6.92 Å². The number of hydrogen-bond donors (Lipinski definition) is 1. The third-order valence-corrected chi connectivity index (χ3v) is 3.17. The van der Waals surface area contributed by atoms with Gasteiger partial charge in [0.1, 0.15) is 23.2 Å². The van der Waals surface area contributed by atoms with E-state index in [1.807, 2.05) is 0 Å². The molecule has 1 fully saturated rings. The van der Waals surface area contributed by atoms with E-state index in [0.717, 1.165) is 12.8 Å². The van der Waals surface area contributed by atoms with E-state index in [1.54, 1.807) is 14.0 Å². The van der Waals surface area contributed by atoms with Gasteiger partial charge in [0.15, 0.2) is 0 Å². The third kappa shape index (κ3) is 2.96. The summed E-state index contributed by atoms with van der Waals surface area (Å²) in [6.45, 7) is 2.45. The largest absolute Gasteiger partial charge is 0.478 e. The van der Waals surface area contributed by atoms with Gasteiger partial charge in [0.2, 0.25) is 0 Å². The number of nitrogens with zero attached hydrogens (tertiary/aromatic N) is 1. The predicted molar refractivity (Wildman–Crippen MR) is 65.9 cm³/mol. The van der Waals surface area contributed by atoms with Gasteiger partial charge >= 0.3 is 5.97 Å². The van der Waals surface area contributed by atoms with Crippen LogP contribution in [0.15, 0.2) is 10.5 Å². The lowest BCUT2D eigenvalue weighted by Gasteiger charge is -2.19. The van der Waals surface area contributed by atoms with Gasteiger partial charge in [-0.3, -0.25) is 4.79 Å². The number of likely N-dealkylation sites (N-methyl/N-ethyl adjacent to an activating group) is 1. The van der Waals surface area contributed by atoms with E-state index >= 15 is 0 Å². The summed E-state index contributed by atoms with van der Waals surface area (Å²) in [6, 6.07) is 1.46. The normalized spacial score (nSPS) is 18.5. The Hall–Kier alpha value is -1.82. The molecule has 0 aromatic carbocycles. The lowest BCUT2D eigenvalue weighted by molar-refractivity contribution is -0.140. The molecular weight excluding hydrogens is 250 g/mol. The van der Waals surface area contributed by atoms with E-state index in [2.05, 4.69) is 0 Å². The summed E-state index contributed by atoms with van der Waals surface area (Å²) in [6.07, 6.45) is 1.26. The van der Waals surface area contributed by atoms with Crippen LogP contribution in [-0.2, 0) is 16.1 Å². The standard InChI is InChI=1S/C13H17NO5/c1-8-10(13(16)17)6-9(19-8)7-14(2)12(15)11-4-3-5-18-11/h6,11H,3-5,7H2,1-2H3,(H,16,17). The van der Waals surface area contributed by atoms with Crippen LogP contribution in [0.5, 0.6) is 0 Å². The molecule has 0 radical (unpaired) electrons. The number of aromatic carboxylic acids is 1. The highest BCUT2D eigenvalue weighted by atomic mass is 16.5. The average Bonchev–Trinajstić information content (AvgIpc) is 2.97. The maximum absolute atomic E-state index is 12.0. The Morgan fingerprint density at radius 2 is 2.26 bits per heavy atom. The number of carboxylic acids is 1. The van der Waals surface area contributed by atoms with E-state index < -0.39 is 5.97 Å². The van der Waals surface area contributed by atoms with Crippen LogP contribution >= 0.6 is 0 Å². The molecule has 0 spiro atoms. The Labute approximate surface area is 110 Å². The number of carbonyl (C=O) groups is 2. The lowest BCUT2D eigenvalue weighted by Crippen LogP contribution is -2.35. The highest BCUT2D eigenvalue weighted by molar-refractivity contribution is 5.88. The topological polar surface area (TPSA) is 80.0 Å². The molecule has 19 heavy (non-hydrogen) atoms. The van der Waals surface area contributed by atoms with Crippen molar-refractivity contribution in [1.82, 2.24) is 4.90 Å². The number of ether oxygens (including phenoxy) is 1. The summed E-state index contributed by atoms with van der Waals surface area (Å²) in [5, 5.41) is 8.93. The molecule has 0 aliphatic carbocycles. The van der Waals surface area contributed by atoms with E-state index in [0.29, 0.717) is 18.1 Å². The maximum Gasteiger partial charge on any atom is 0.339 e. The number of furan rings is 1. The Balaban J connectivity index is 2.02. The summed E-state index contributed by atoms with van der Waals surface area (Å²) in [5.74, 6) is -0.312. The molecule has 0 bridgehead atoms. The van der Waals surface area contributed by atoms with Crippen LogP contribution in [0.1, 0.15) is 34.7 Å². The van der Waals surface area contributed by atoms with Gasteiger partial charge in [-0.25, -0.2) is 4.79 Å². The van der Waals surface area contributed by atoms with Crippen molar-refractivity contribution in [3.05, 3.63) is 23.2 Å². The third-order valence-electron chi connectivity index (χ3n) is 3.17. The second-order valence-corrected chi connectivity index (χ2v) is 4.68. The molecule has 2 rings (SSSR count). The maximum atomic E-state index is 12.0. The molecule has 6 heteroatoms. The second-order valence-electron chi connectivity index (χ2n) is 4.68. The first-order valence-corrected chi connectivity index (χ1v) is 6.18. The van der Waals surface area contributed by atoms with Gasteiger partial charge < -0.3 is 19.2 Å². The number of hydrogen-bond acceptors (Lipinski definition) is 4. The zero-order valence-corrected chi connectivity index (χ0v) is 11.0. The number of carbonyl (C=O) groups excluding carboxylic acids is 1. The van der Waals surface area contributed by atoms with E-state index in [1.165, 1.54) is 11.0 Å². The zero-order chi connectivity index (χ0) is 14.0. The van der Waals surface area contributed by atoms with Gasteiger partial charge in [-0.15, -0.1) is 0 Å². The van der Waals surface area contributed by atoms with Crippen LogP contribution < -0.4 is 0 Å². The molecule has 1 aromatic rings. The Morgan fingerprint density at radius 3 is 2.79 bits per heavy atom. The summed E-state index contributed by atoms with van der Waals surface area (Å²) in [7, 11) is 1.66. The molecule has 1 unspecified atom stereocenters. The SMILES string of the molecule is Cc1oc(CN(C)C(=O)C2CCCO2)cc1C(=O)O. The van der Waals surface area contributed by atoms with Gasteiger partial charge in [0.05, 0.1) is 6.54 Å². The molecule has 104 valence electrons. The quantitative estimate of drug-likeness (QED) is 0.892. The fourth-order valence-corrected chi connectivity index (χ4v) is 2.16. The van der Waals surface area contributed by atoms with Crippen molar-refractivity contribution < 1.29 is 23.8 Å². The van der Waals surface area contributed by atoms with Crippen molar-refractivity contribution in [2.24, 2.45) is 0 Å². The minimum atomic E-state index is -1.03. The molecule has 1 atom stereocenters. The number of carboxylic acid groups (broad SMARTS) is 1. The molecule has 1 amide bonds. The van der Waals surface area contributed by atoms with Crippen LogP contribution in [0.25, 0.3) is 0 Å².